The van der Waals surface area contributed by atoms with Gasteiger partial charge in [-0.25, -0.2) is 0 Å². The van der Waals surface area contributed by atoms with Gasteiger partial charge in [-0.15, -0.1) is 0 Å². The van der Waals surface area contributed by atoms with Crippen LogP contribution in [0.3, 0.4) is 0 Å². The van der Waals surface area contributed by atoms with E-state index in [-0.39, 0.29) is 6.10 Å². The van der Waals surface area contributed by atoms with Gasteiger partial charge in [0.15, 0.2) is 0 Å². The first-order chi connectivity index (χ1) is 10.5. The Balaban J connectivity index is 0.000000203. The normalized spacial score (nSPS) is 24.1. The second kappa shape index (κ2) is 10.6. The van der Waals surface area contributed by atoms with E-state index < -0.39 is 0 Å². The summed E-state index contributed by atoms with van der Waals surface area (Å²) in [6, 6.07) is 0. The lowest BCUT2D eigenvalue weighted by Crippen LogP contribution is -2.46. The maximum Gasteiger partial charge on any atom is 0.0483 e. The van der Waals surface area contributed by atoms with Crippen LogP contribution in [-0.4, -0.2) is 24.3 Å². The van der Waals surface area contributed by atoms with E-state index in [9.17, 15) is 0 Å². The van der Waals surface area contributed by atoms with E-state index in [4.69, 9.17) is 5.11 Å². The highest BCUT2D eigenvalue weighted by molar-refractivity contribution is 4.96. The van der Waals surface area contributed by atoms with Crippen molar-refractivity contribution in [3.63, 3.8) is 0 Å². The summed E-state index contributed by atoms with van der Waals surface area (Å²) in [5, 5.41) is 11.5. The maximum absolute atomic E-state index is 8.06. The molecule has 22 heavy (non-hydrogen) atoms. The van der Waals surface area contributed by atoms with Crippen LogP contribution in [0.15, 0.2) is 0 Å². The molecule has 2 heteroatoms. The Morgan fingerprint density at radius 1 is 0.818 bits per heavy atom. The maximum atomic E-state index is 8.06. The first-order valence-corrected chi connectivity index (χ1v) is 9.84. The zero-order chi connectivity index (χ0) is 16.4. The van der Waals surface area contributed by atoms with Crippen molar-refractivity contribution in [1.82, 2.24) is 5.32 Å². The Kier molecular flexibility index (Phi) is 9.66. The summed E-state index contributed by atoms with van der Waals surface area (Å²) in [4.78, 5) is 0. The van der Waals surface area contributed by atoms with Gasteiger partial charge in [0.05, 0.1) is 0 Å². The fourth-order valence-electron chi connectivity index (χ4n) is 3.95. The van der Waals surface area contributed by atoms with Crippen LogP contribution < -0.4 is 5.32 Å². The number of piperidine rings is 1. The van der Waals surface area contributed by atoms with Gasteiger partial charge in [-0.1, -0.05) is 52.4 Å². The molecule has 1 heterocycles. The van der Waals surface area contributed by atoms with E-state index >= 15 is 0 Å². The van der Waals surface area contributed by atoms with Crippen molar-refractivity contribution in [2.45, 2.75) is 98.0 Å². The topological polar surface area (TPSA) is 32.3 Å². The summed E-state index contributed by atoms with van der Waals surface area (Å²) in [5.41, 5.74) is 0.792. The van der Waals surface area contributed by atoms with Crippen molar-refractivity contribution < 1.29 is 5.11 Å². The van der Waals surface area contributed by atoms with Crippen molar-refractivity contribution >= 4 is 0 Å². The summed E-state index contributed by atoms with van der Waals surface area (Å²) in [7, 11) is 0. The lowest BCUT2D eigenvalue weighted by atomic mass is 9.55. The molecule has 3 fully saturated rings. The molecule has 0 aromatic carbocycles. The van der Waals surface area contributed by atoms with E-state index in [0.717, 1.165) is 17.3 Å². The molecule has 132 valence electrons. The lowest BCUT2D eigenvalue weighted by molar-refractivity contribution is -0.00191. The van der Waals surface area contributed by atoms with Gasteiger partial charge in [0.1, 0.15) is 0 Å². The van der Waals surface area contributed by atoms with Gasteiger partial charge in [0, 0.05) is 6.10 Å². The Bertz CT molecular complexity index is 243. The zero-order valence-electron chi connectivity index (χ0n) is 15.7. The summed E-state index contributed by atoms with van der Waals surface area (Å²) in [6.45, 7) is 10.7. The molecule has 3 aliphatic rings. The first kappa shape index (κ1) is 20.0. The molecule has 3 rings (SSSR count). The number of aliphatic hydroxyl groups is 1. The molecule has 1 aliphatic heterocycles. The molecule has 0 unspecified atom stereocenters. The third kappa shape index (κ3) is 7.97. The number of aliphatic hydroxyl groups excluding tert-OH is 1. The molecule has 0 atom stereocenters. The van der Waals surface area contributed by atoms with E-state index in [2.05, 4.69) is 19.2 Å². The van der Waals surface area contributed by atoms with Crippen LogP contribution in [0.5, 0.6) is 0 Å². The smallest absolute Gasteiger partial charge is 0.0483 e. The summed E-state index contributed by atoms with van der Waals surface area (Å²) < 4.78 is 0. The molecule has 2 nitrogen and oxygen atoms in total. The van der Waals surface area contributed by atoms with Crippen molar-refractivity contribution in [3.05, 3.63) is 0 Å². The molecule has 2 N–H and O–H groups in total. The molecule has 0 radical (unpaired) electrons. The highest BCUT2D eigenvalue weighted by Crippen LogP contribution is 2.53. The molecule has 0 aromatic rings. The number of rotatable bonds is 1. The van der Waals surface area contributed by atoms with Crippen LogP contribution in [-0.2, 0) is 0 Å². The van der Waals surface area contributed by atoms with Crippen LogP contribution in [0.25, 0.3) is 0 Å². The standard InChI is InChI=1S/C11H21N.C6H12.C3H8O/c1-9(2)10-7-11(8-10)3-5-12-6-4-11;1-2-4-6-5-3-1;1-3(2)4/h9-10,12H,3-8H2,1-2H3;1-6H2;3-4H,1-2H3. The molecular formula is C20H41NO. The average molecular weight is 312 g/mol. The monoisotopic (exact) mass is 311 g/mol. The second-order valence-corrected chi connectivity index (χ2v) is 8.38. The summed E-state index contributed by atoms with van der Waals surface area (Å²) in [5.74, 6) is 1.97. The largest absolute Gasteiger partial charge is 0.394 e. The van der Waals surface area contributed by atoms with Gasteiger partial charge in [0.25, 0.3) is 0 Å². The van der Waals surface area contributed by atoms with Gasteiger partial charge in [-0.2, -0.15) is 0 Å². The van der Waals surface area contributed by atoms with Crippen LogP contribution in [0, 0.1) is 17.3 Å². The lowest BCUT2D eigenvalue weighted by Gasteiger charge is -2.52. The van der Waals surface area contributed by atoms with Crippen LogP contribution >= 0.6 is 0 Å². The Labute approximate surface area is 139 Å². The predicted octanol–water partition coefficient (Wildman–Crippen LogP) is 5.15. The minimum Gasteiger partial charge on any atom is -0.394 e. The Hall–Kier alpha value is -0.0800. The quantitative estimate of drug-likeness (QED) is 0.702. The molecular weight excluding hydrogens is 270 g/mol. The van der Waals surface area contributed by atoms with Crippen molar-refractivity contribution in [1.29, 1.82) is 0 Å². The fraction of sp³-hybridized carbons (Fsp3) is 1.00. The Morgan fingerprint density at radius 3 is 1.50 bits per heavy atom. The van der Waals surface area contributed by atoms with Gasteiger partial charge in [-0.3, -0.25) is 0 Å². The van der Waals surface area contributed by atoms with Crippen LogP contribution in [0.1, 0.15) is 91.9 Å². The highest BCUT2D eigenvalue weighted by Gasteiger charge is 2.44. The molecule has 2 aliphatic carbocycles. The van der Waals surface area contributed by atoms with Gasteiger partial charge in [0.2, 0.25) is 0 Å². The molecule has 1 spiro atoms. The second-order valence-electron chi connectivity index (χ2n) is 8.38. The Morgan fingerprint density at radius 2 is 1.18 bits per heavy atom. The van der Waals surface area contributed by atoms with Crippen molar-refractivity contribution in [2.75, 3.05) is 13.1 Å². The van der Waals surface area contributed by atoms with Crippen LogP contribution in [0.2, 0.25) is 0 Å². The van der Waals surface area contributed by atoms with E-state index in [1.54, 1.807) is 13.8 Å². The van der Waals surface area contributed by atoms with Crippen molar-refractivity contribution in [2.24, 2.45) is 17.3 Å². The van der Waals surface area contributed by atoms with Gasteiger partial charge < -0.3 is 10.4 Å². The van der Waals surface area contributed by atoms with Gasteiger partial charge >= 0.3 is 0 Å². The van der Waals surface area contributed by atoms with Crippen molar-refractivity contribution in [3.8, 4) is 0 Å². The summed E-state index contributed by atoms with van der Waals surface area (Å²) >= 11 is 0. The predicted molar refractivity (Wildman–Crippen MR) is 97.2 cm³/mol. The van der Waals surface area contributed by atoms with E-state index in [1.165, 1.54) is 77.3 Å². The molecule has 1 saturated heterocycles. The van der Waals surface area contributed by atoms with Crippen LogP contribution in [0.4, 0.5) is 0 Å². The van der Waals surface area contributed by atoms with E-state index in [0.29, 0.717) is 0 Å². The number of nitrogens with one attached hydrogen (secondary N) is 1. The van der Waals surface area contributed by atoms with Gasteiger partial charge in [-0.05, 0) is 69.9 Å². The third-order valence-corrected chi connectivity index (χ3v) is 5.50. The highest BCUT2D eigenvalue weighted by atomic mass is 16.3. The number of hydrogen-bond donors (Lipinski definition) is 2. The minimum atomic E-state index is -0.167. The molecule has 0 aromatic heterocycles. The third-order valence-electron chi connectivity index (χ3n) is 5.50. The molecule has 2 saturated carbocycles. The molecule has 0 bridgehead atoms. The van der Waals surface area contributed by atoms with E-state index in [1.807, 2.05) is 0 Å². The fourth-order valence-corrected chi connectivity index (χ4v) is 3.95. The zero-order valence-corrected chi connectivity index (χ0v) is 15.7. The molecule has 0 amide bonds. The minimum absolute atomic E-state index is 0.167. The first-order valence-electron chi connectivity index (χ1n) is 9.84. The number of hydrogen-bond acceptors (Lipinski definition) is 2. The SMILES string of the molecule is C1CCCCC1.CC(C)C1CC2(CCNCC2)C1.CC(C)O. The summed E-state index contributed by atoms with van der Waals surface area (Å²) in [6.07, 6.45) is 14.8. The average Bonchev–Trinajstić information content (AvgIpc) is 2.47.